The van der Waals surface area contributed by atoms with Gasteiger partial charge in [-0.15, -0.1) is 0 Å². The summed E-state index contributed by atoms with van der Waals surface area (Å²) in [6.45, 7) is 1.57. The van der Waals surface area contributed by atoms with E-state index in [2.05, 4.69) is 10.1 Å². The fourth-order valence-corrected chi connectivity index (χ4v) is 2.55. The third kappa shape index (κ3) is 3.73. The minimum Gasteiger partial charge on any atom is -0.460 e. The standard InChI is InChI=1S/C17H13ClFN3O4/c1-3-26-17(25)15(23)11-8-22(2)14(13(11)18)16(24)21-10-4-5-12(19)9(6-10)7-20/h4-6,8H,3H2,1-2H3,(H,21,24). The Balaban J connectivity index is 2.32. The highest BCUT2D eigenvalue weighted by atomic mass is 35.5. The molecular weight excluding hydrogens is 365 g/mol. The van der Waals surface area contributed by atoms with Gasteiger partial charge in [0.2, 0.25) is 0 Å². The van der Waals surface area contributed by atoms with E-state index in [4.69, 9.17) is 16.9 Å². The number of nitriles is 1. The first-order chi connectivity index (χ1) is 12.3. The van der Waals surface area contributed by atoms with Crippen molar-refractivity contribution in [1.82, 2.24) is 4.57 Å². The molecular formula is C17H13ClFN3O4. The van der Waals surface area contributed by atoms with E-state index in [9.17, 15) is 18.8 Å². The lowest BCUT2D eigenvalue weighted by Crippen LogP contribution is -2.18. The SMILES string of the molecule is CCOC(=O)C(=O)c1cn(C)c(C(=O)Nc2ccc(F)c(C#N)c2)c1Cl. The Labute approximate surface area is 152 Å². The van der Waals surface area contributed by atoms with Crippen LogP contribution in [0.5, 0.6) is 0 Å². The Morgan fingerprint density at radius 2 is 2.08 bits per heavy atom. The Morgan fingerprint density at radius 3 is 2.69 bits per heavy atom. The van der Waals surface area contributed by atoms with Crippen LogP contribution >= 0.6 is 11.6 Å². The zero-order valence-electron chi connectivity index (χ0n) is 13.8. The van der Waals surface area contributed by atoms with Gasteiger partial charge in [0.1, 0.15) is 17.6 Å². The molecule has 7 nitrogen and oxygen atoms in total. The number of carbonyl (C=O) groups excluding carboxylic acids is 3. The summed E-state index contributed by atoms with van der Waals surface area (Å²) in [4.78, 5) is 36.1. The van der Waals surface area contributed by atoms with E-state index in [1.165, 1.54) is 23.9 Å². The average Bonchev–Trinajstić information content (AvgIpc) is 2.90. The van der Waals surface area contributed by atoms with Crippen molar-refractivity contribution in [1.29, 1.82) is 5.26 Å². The maximum atomic E-state index is 13.3. The largest absolute Gasteiger partial charge is 0.460 e. The molecule has 134 valence electrons. The van der Waals surface area contributed by atoms with Gasteiger partial charge in [0.25, 0.3) is 11.7 Å². The van der Waals surface area contributed by atoms with Gasteiger partial charge >= 0.3 is 5.97 Å². The maximum absolute atomic E-state index is 13.3. The molecule has 1 N–H and O–H groups in total. The highest BCUT2D eigenvalue weighted by Crippen LogP contribution is 2.25. The highest BCUT2D eigenvalue weighted by molar-refractivity contribution is 6.46. The van der Waals surface area contributed by atoms with E-state index in [1.54, 1.807) is 13.0 Å². The van der Waals surface area contributed by atoms with Crippen LogP contribution in [0.2, 0.25) is 5.02 Å². The van der Waals surface area contributed by atoms with Crippen LogP contribution in [0, 0.1) is 17.1 Å². The van der Waals surface area contributed by atoms with Gasteiger partial charge in [-0.05, 0) is 25.1 Å². The van der Waals surface area contributed by atoms with Gasteiger partial charge in [-0.3, -0.25) is 9.59 Å². The van der Waals surface area contributed by atoms with Crippen LogP contribution in [-0.2, 0) is 16.6 Å². The van der Waals surface area contributed by atoms with Crippen LogP contribution in [-0.4, -0.2) is 28.8 Å². The van der Waals surface area contributed by atoms with Crippen molar-refractivity contribution in [2.45, 2.75) is 6.92 Å². The summed E-state index contributed by atoms with van der Waals surface area (Å²) in [5.41, 5.74) is -0.320. The van der Waals surface area contributed by atoms with Crippen LogP contribution < -0.4 is 5.32 Å². The van der Waals surface area contributed by atoms with Gasteiger partial charge in [-0.2, -0.15) is 5.26 Å². The molecule has 1 aromatic heterocycles. The van der Waals surface area contributed by atoms with E-state index in [0.717, 1.165) is 12.1 Å². The van der Waals surface area contributed by atoms with Crippen molar-refractivity contribution in [3.63, 3.8) is 0 Å². The molecule has 9 heteroatoms. The van der Waals surface area contributed by atoms with Gasteiger partial charge < -0.3 is 14.6 Å². The summed E-state index contributed by atoms with van der Waals surface area (Å²) >= 11 is 6.09. The number of aromatic nitrogens is 1. The zero-order chi connectivity index (χ0) is 19.4. The molecule has 0 aliphatic rings. The Bertz CT molecular complexity index is 946. The molecule has 1 heterocycles. The molecule has 0 aliphatic heterocycles. The number of nitrogens with one attached hydrogen (secondary N) is 1. The highest BCUT2D eigenvalue weighted by Gasteiger charge is 2.27. The number of aryl methyl sites for hydroxylation is 1. The number of hydrogen-bond donors (Lipinski definition) is 1. The van der Waals surface area contributed by atoms with Crippen LogP contribution in [0.25, 0.3) is 0 Å². The minimum atomic E-state index is -1.08. The van der Waals surface area contributed by atoms with Crippen molar-refractivity contribution < 1.29 is 23.5 Å². The Kier molecular flexibility index (Phi) is 5.75. The quantitative estimate of drug-likeness (QED) is 0.490. The molecule has 0 aliphatic carbocycles. The topological polar surface area (TPSA) is 101 Å². The van der Waals surface area contributed by atoms with E-state index in [0.29, 0.717) is 0 Å². The molecule has 26 heavy (non-hydrogen) atoms. The van der Waals surface area contributed by atoms with Gasteiger partial charge in [-0.1, -0.05) is 11.6 Å². The number of benzene rings is 1. The smallest absolute Gasteiger partial charge is 0.379 e. The first-order valence-electron chi connectivity index (χ1n) is 7.37. The van der Waals surface area contributed by atoms with Crippen molar-refractivity contribution in [2.24, 2.45) is 7.05 Å². The molecule has 0 radical (unpaired) electrons. The number of halogens is 2. The fourth-order valence-electron chi connectivity index (χ4n) is 2.20. The lowest BCUT2D eigenvalue weighted by atomic mass is 10.2. The van der Waals surface area contributed by atoms with E-state index in [-0.39, 0.29) is 34.1 Å². The van der Waals surface area contributed by atoms with Crippen LogP contribution in [0.15, 0.2) is 24.4 Å². The second kappa shape index (κ2) is 7.80. The van der Waals surface area contributed by atoms with Crippen molar-refractivity contribution in [3.8, 4) is 6.07 Å². The van der Waals surface area contributed by atoms with Gasteiger partial charge in [0.05, 0.1) is 22.8 Å². The number of nitrogens with zero attached hydrogens (tertiary/aromatic N) is 2. The van der Waals surface area contributed by atoms with E-state index < -0.39 is 23.5 Å². The molecule has 1 aromatic carbocycles. The number of ketones is 1. The van der Waals surface area contributed by atoms with Crippen LogP contribution in [0.1, 0.15) is 33.3 Å². The number of carbonyl (C=O) groups is 3. The molecule has 2 rings (SSSR count). The van der Waals surface area contributed by atoms with Gasteiger partial charge in [-0.25, -0.2) is 9.18 Å². The summed E-state index contributed by atoms with van der Waals surface area (Å²) in [6.07, 6.45) is 1.24. The number of ether oxygens (including phenoxy) is 1. The number of anilines is 1. The third-order valence-corrected chi connectivity index (χ3v) is 3.77. The van der Waals surface area contributed by atoms with Crippen molar-refractivity contribution in [3.05, 3.63) is 52.1 Å². The van der Waals surface area contributed by atoms with Crippen LogP contribution in [0.4, 0.5) is 10.1 Å². The summed E-state index contributed by atoms with van der Waals surface area (Å²) in [7, 11) is 1.47. The average molecular weight is 378 g/mol. The van der Waals surface area contributed by atoms with Crippen molar-refractivity contribution >= 4 is 34.9 Å². The number of rotatable bonds is 5. The number of esters is 1. The lowest BCUT2D eigenvalue weighted by Gasteiger charge is -2.07. The molecule has 2 aromatic rings. The predicted molar refractivity (Wildman–Crippen MR) is 90.5 cm³/mol. The first kappa shape index (κ1) is 19.1. The maximum Gasteiger partial charge on any atom is 0.379 e. The fraction of sp³-hybridized carbons (Fsp3) is 0.176. The predicted octanol–water partition coefficient (Wildman–Crippen LogP) is 2.69. The first-order valence-corrected chi connectivity index (χ1v) is 7.75. The Hall–Kier alpha value is -3.18. The third-order valence-electron chi connectivity index (χ3n) is 3.39. The molecule has 0 unspecified atom stereocenters. The van der Waals surface area contributed by atoms with Crippen LogP contribution in [0.3, 0.4) is 0 Å². The zero-order valence-corrected chi connectivity index (χ0v) is 14.6. The second-order valence-corrected chi connectivity index (χ2v) is 5.50. The van der Waals surface area contributed by atoms with E-state index in [1.807, 2.05) is 0 Å². The number of amides is 1. The molecule has 0 fully saturated rings. The monoisotopic (exact) mass is 377 g/mol. The second-order valence-electron chi connectivity index (χ2n) is 5.13. The number of hydrogen-bond acceptors (Lipinski definition) is 5. The van der Waals surface area contributed by atoms with Gasteiger partial charge in [0, 0.05) is 18.9 Å². The summed E-state index contributed by atoms with van der Waals surface area (Å²) in [5, 5.41) is 11.1. The molecule has 1 amide bonds. The molecule has 0 bridgehead atoms. The Morgan fingerprint density at radius 1 is 1.38 bits per heavy atom. The lowest BCUT2D eigenvalue weighted by molar-refractivity contribution is -0.137. The van der Waals surface area contributed by atoms with Gasteiger partial charge in [0.15, 0.2) is 0 Å². The minimum absolute atomic E-state index is 0.0220. The summed E-state index contributed by atoms with van der Waals surface area (Å²) < 4.78 is 19.3. The molecule has 0 saturated heterocycles. The number of Topliss-reactive ketones (excluding diaryl/α,β-unsaturated/α-hetero) is 1. The molecule has 0 atom stereocenters. The normalized spacial score (nSPS) is 10.1. The summed E-state index contributed by atoms with van der Waals surface area (Å²) in [6, 6.07) is 5.13. The molecule has 0 saturated carbocycles. The molecule has 0 spiro atoms. The summed E-state index contributed by atoms with van der Waals surface area (Å²) in [5.74, 6) is -3.47. The van der Waals surface area contributed by atoms with Crippen molar-refractivity contribution in [2.75, 3.05) is 11.9 Å². The van der Waals surface area contributed by atoms with E-state index >= 15 is 0 Å².